The molecular weight excluding hydrogens is 176 g/mol. The van der Waals surface area contributed by atoms with Gasteiger partial charge in [0.2, 0.25) is 0 Å². The third-order valence-corrected chi connectivity index (χ3v) is 1.70. The lowest BCUT2D eigenvalue weighted by molar-refractivity contribution is -0.106. The summed E-state index contributed by atoms with van der Waals surface area (Å²) in [4.78, 5) is 24.7. The lowest BCUT2D eigenvalue weighted by Gasteiger charge is -2.09. The summed E-state index contributed by atoms with van der Waals surface area (Å²) in [6.07, 6.45) is 0.410. The van der Waals surface area contributed by atoms with Gasteiger partial charge in [0.15, 0.2) is 0 Å². The van der Waals surface area contributed by atoms with E-state index in [2.05, 4.69) is 4.98 Å². The van der Waals surface area contributed by atoms with Gasteiger partial charge in [-0.2, -0.15) is 0 Å². The van der Waals surface area contributed by atoms with Gasteiger partial charge in [0.1, 0.15) is 0 Å². The average Bonchev–Trinajstić information content (AvgIpc) is 2.57. The molecule has 0 spiro atoms. The summed E-state index contributed by atoms with van der Waals surface area (Å²) in [6, 6.07) is 1.24. The van der Waals surface area contributed by atoms with E-state index in [0.717, 1.165) is 4.57 Å². The Morgan fingerprint density at radius 2 is 2.08 bits per heavy atom. The van der Waals surface area contributed by atoms with Crippen molar-refractivity contribution in [2.45, 2.75) is 6.41 Å². The van der Waals surface area contributed by atoms with Gasteiger partial charge in [-0.3, -0.25) is 4.79 Å². The number of ether oxygens (including phenoxy) is 2. The zero-order valence-electron chi connectivity index (χ0n) is 6.73. The molecule has 1 saturated heterocycles. The number of hydrogen-bond donors (Lipinski definition) is 1. The fourth-order valence-electron chi connectivity index (χ4n) is 1.13. The molecule has 6 heteroatoms. The molecule has 1 aliphatic heterocycles. The van der Waals surface area contributed by atoms with Crippen molar-refractivity contribution in [3.63, 3.8) is 0 Å². The molecule has 1 aromatic rings. The van der Waals surface area contributed by atoms with E-state index in [1.165, 1.54) is 12.3 Å². The summed E-state index contributed by atoms with van der Waals surface area (Å²) in [7, 11) is 0. The number of rotatable bonds is 1. The Bertz CT molecular complexity index is 373. The molecule has 0 unspecified atom stereocenters. The standard InChI is InChI=1S/C7H8N2O4/c10-5-1-2-8-6(11)9(5)7-12-3-4-13-7/h1-2,7H,3-4H2,(H,8,11). The lowest BCUT2D eigenvalue weighted by atomic mass is 10.6. The smallest absolute Gasteiger partial charge is 0.332 e. The highest BCUT2D eigenvalue weighted by atomic mass is 16.7. The summed E-state index contributed by atoms with van der Waals surface area (Å²) in [5.41, 5.74) is -0.963. The highest BCUT2D eigenvalue weighted by Gasteiger charge is 2.20. The molecule has 6 nitrogen and oxygen atoms in total. The van der Waals surface area contributed by atoms with Crippen LogP contribution < -0.4 is 11.2 Å². The van der Waals surface area contributed by atoms with Crippen molar-refractivity contribution in [1.29, 1.82) is 0 Å². The molecular formula is C7H8N2O4. The van der Waals surface area contributed by atoms with E-state index in [0.29, 0.717) is 13.2 Å². The molecule has 1 fully saturated rings. The maximum Gasteiger partial charge on any atom is 0.332 e. The first-order chi connectivity index (χ1) is 6.29. The van der Waals surface area contributed by atoms with Crippen LogP contribution in [-0.4, -0.2) is 22.8 Å². The number of aromatic nitrogens is 2. The molecule has 0 atom stereocenters. The van der Waals surface area contributed by atoms with Crippen LogP contribution in [0.1, 0.15) is 6.41 Å². The second kappa shape index (κ2) is 3.15. The molecule has 0 amide bonds. The maximum atomic E-state index is 11.2. The van der Waals surface area contributed by atoms with Gasteiger partial charge >= 0.3 is 5.69 Å². The first-order valence-electron chi connectivity index (χ1n) is 3.82. The second-order valence-corrected chi connectivity index (χ2v) is 2.54. The van der Waals surface area contributed by atoms with E-state index in [1.807, 2.05) is 0 Å². The Kier molecular flexibility index (Phi) is 1.99. The molecule has 0 radical (unpaired) electrons. The molecule has 2 rings (SSSR count). The molecule has 2 heterocycles. The Morgan fingerprint density at radius 1 is 1.38 bits per heavy atom. The third-order valence-electron chi connectivity index (χ3n) is 1.70. The van der Waals surface area contributed by atoms with Crippen molar-refractivity contribution in [2.75, 3.05) is 13.2 Å². The van der Waals surface area contributed by atoms with Crippen molar-refractivity contribution < 1.29 is 9.47 Å². The van der Waals surface area contributed by atoms with E-state index in [-0.39, 0.29) is 0 Å². The minimum Gasteiger partial charge on any atom is -0.332 e. The molecule has 0 saturated carbocycles. The van der Waals surface area contributed by atoms with Crippen molar-refractivity contribution >= 4 is 0 Å². The van der Waals surface area contributed by atoms with Crippen LogP contribution in [0.2, 0.25) is 0 Å². The molecule has 1 aromatic heterocycles. The SMILES string of the molecule is O=c1cc[nH]c(=O)n1C1OCCO1. The third kappa shape index (κ3) is 1.41. The molecule has 13 heavy (non-hydrogen) atoms. The van der Waals surface area contributed by atoms with Gasteiger partial charge in [-0.15, -0.1) is 0 Å². The predicted molar refractivity (Wildman–Crippen MR) is 42.3 cm³/mol. The van der Waals surface area contributed by atoms with Crippen molar-refractivity contribution in [2.24, 2.45) is 0 Å². The second-order valence-electron chi connectivity index (χ2n) is 2.54. The monoisotopic (exact) mass is 184 g/mol. The maximum absolute atomic E-state index is 11.2. The Morgan fingerprint density at radius 3 is 2.69 bits per heavy atom. The van der Waals surface area contributed by atoms with Crippen LogP contribution in [0.15, 0.2) is 21.9 Å². The largest absolute Gasteiger partial charge is 0.332 e. The summed E-state index contributed by atoms with van der Waals surface area (Å²) < 4.78 is 10.9. The van der Waals surface area contributed by atoms with Gasteiger partial charge in [-0.25, -0.2) is 9.36 Å². The van der Waals surface area contributed by atoms with Gasteiger partial charge in [0, 0.05) is 12.3 Å². The number of H-pyrrole nitrogens is 1. The van der Waals surface area contributed by atoms with Crippen LogP contribution >= 0.6 is 0 Å². The fraction of sp³-hybridized carbons (Fsp3) is 0.429. The Labute approximate surface area is 72.7 Å². The van der Waals surface area contributed by atoms with Crippen LogP contribution in [0, 0.1) is 0 Å². The number of nitrogens with one attached hydrogen (secondary N) is 1. The highest BCUT2D eigenvalue weighted by Crippen LogP contribution is 2.10. The van der Waals surface area contributed by atoms with Crippen molar-refractivity contribution in [1.82, 2.24) is 9.55 Å². The molecule has 0 bridgehead atoms. The quantitative estimate of drug-likeness (QED) is 0.610. The normalized spacial score (nSPS) is 17.8. The zero-order chi connectivity index (χ0) is 9.26. The van der Waals surface area contributed by atoms with Gasteiger partial charge in [-0.1, -0.05) is 0 Å². The molecule has 0 aliphatic carbocycles. The fourth-order valence-corrected chi connectivity index (χ4v) is 1.13. The number of hydrogen-bond acceptors (Lipinski definition) is 4. The zero-order valence-corrected chi connectivity index (χ0v) is 6.73. The summed E-state index contributed by atoms with van der Waals surface area (Å²) >= 11 is 0. The summed E-state index contributed by atoms with van der Waals surface area (Å²) in [5, 5.41) is 0. The predicted octanol–water partition coefficient (Wildman–Crippen LogP) is -0.960. The minimum absolute atomic E-state index is 0.394. The number of nitrogens with zero attached hydrogens (tertiary/aromatic N) is 1. The van der Waals surface area contributed by atoms with Gasteiger partial charge in [0.05, 0.1) is 13.2 Å². The van der Waals surface area contributed by atoms with E-state index in [1.54, 1.807) is 0 Å². The van der Waals surface area contributed by atoms with E-state index < -0.39 is 17.7 Å². The average molecular weight is 184 g/mol. The molecule has 70 valence electrons. The van der Waals surface area contributed by atoms with E-state index in [9.17, 15) is 9.59 Å². The van der Waals surface area contributed by atoms with E-state index in [4.69, 9.17) is 9.47 Å². The van der Waals surface area contributed by atoms with Gasteiger partial charge in [-0.05, 0) is 0 Å². The number of aromatic amines is 1. The lowest BCUT2D eigenvalue weighted by Crippen LogP contribution is -2.37. The van der Waals surface area contributed by atoms with Crippen LogP contribution in [0.3, 0.4) is 0 Å². The van der Waals surface area contributed by atoms with Gasteiger partial charge < -0.3 is 14.5 Å². The van der Waals surface area contributed by atoms with Gasteiger partial charge in [0.25, 0.3) is 12.0 Å². The van der Waals surface area contributed by atoms with Crippen molar-refractivity contribution in [3.05, 3.63) is 33.1 Å². The van der Waals surface area contributed by atoms with Crippen LogP contribution in [0.25, 0.3) is 0 Å². The highest BCUT2D eigenvalue weighted by molar-refractivity contribution is 4.83. The molecule has 1 aliphatic rings. The first kappa shape index (κ1) is 8.21. The molecule has 1 N–H and O–H groups in total. The summed E-state index contributed by atoms with van der Waals surface area (Å²) in [6.45, 7) is 0.789. The minimum atomic E-state index is -0.877. The topological polar surface area (TPSA) is 73.3 Å². The van der Waals surface area contributed by atoms with E-state index >= 15 is 0 Å². The Balaban J connectivity index is 2.49. The van der Waals surface area contributed by atoms with Crippen LogP contribution in [0.5, 0.6) is 0 Å². The summed E-state index contributed by atoms with van der Waals surface area (Å²) in [5.74, 6) is 0. The Hall–Kier alpha value is -1.40. The first-order valence-corrected chi connectivity index (χ1v) is 3.82. The molecule has 0 aromatic carbocycles. The van der Waals surface area contributed by atoms with Crippen molar-refractivity contribution in [3.8, 4) is 0 Å². The van der Waals surface area contributed by atoms with Crippen LogP contribution in [0.4, 0.5) is 0 Å². The van der Waals surface area contributed by atoms with Crippen LogP contribution in [-0.2, 0) is 9.47 Å².